The van der Waals surface area contributed by atoms with Crippen molar-refractivity contribution in [1.82, 2.24) is 24.2 Å². The Labute approximate surface area is 213 Å². The maximum absolute atomic E-state index is 13.4. The Morgan fingerprint density at radius 2 is 1.92 bits per heavy atom. The molecule has 0 radical (unpaired) electrons. The molecule has 1 aromatic carbocycles. The molecule has 4 heterocycles. The van der Waals surface area contributed by atoms with E-state index in [1.54, 1.807) is 30.0 Å². The van der Waals surface area contributed by atoms with Crippen LogP contribution in [0.25, 0.3) is 16.7 Å². The van der Waals surface area contributed by atoms with Gasteiger partial charge in [-0.2, -0.15) is 0 Å². The molecule has 0 atom stereocenters. The summed E-state index contributed by atoms with van der Waals surface area (Å²) in [6.07, 6.45) is 2.41. The van der Waals surface area contributed by atoms with E-state index in [0.29, 0.717) is 36.4 Å². The molecule has 0 bridgehead atoms. The number of carbonyl (C=O) groups is 1. The second-order valence-electron chi connectivity index (χ2n) is 8.98. The molecule has 10 heteroatoms. The summed E-state index contributed by atoms with van der Waals surface area (Å²) in [7, 11) is 1.60. The molecule has 2 N–H and O–H groups in total. The molecular weight excluding hydrogens is 472 g/mol. The van der Waals surface area contributed by atoms with E-state index >= 15 is 0 Å². The highest BCUT2D eigenvalue weighted by atomic mass is 16.5. The maximum Gasteiger partial charge on any atom is 0.267 e. The number of carbonyl (C=O) groups excluding carboxylic acids is 1. The summed E-state index contributed by atoms with van der Waals surface area (Å²) in [4.78, 5) is 33.6. The van der Waals surface area contributed by atoms with Crippen LogP contribution in [0.4, 0.5) is 0 Å². The number of fused-ring (bicyclic) bond motifs is 2. The molecule has 1 aliphatic rings. The van der Waals surface area contributed by atoms with Crippen LogP contribution in [0.15, 0.2) is 59.5 Å². The van der Waals surface area contributed by atoms with Gasteiger partial charge in [0.2, 0.25) is 0 Å². The van der Waals surface area contributed by atoms with E-state index in [4.69, 9.17) is 19.9 Å². The van der Waals surface area contributed by atoms with E-state index < -0.39 is 5.91 Å². The van der Waals surface area contributed by atoms with Crippen molar-refractivity contribution in [3.8, 4) is 5.75 Å². The fourth-order valence-corrected chi connectivity index (χ4v) is 4.58. The van der Waals surface area contributed by atoms with Crippen molar-refractivity contribution in [2.75, 3.05) is 40.0 Å². The summed E-state index contributed by atoms with van der Waals surface area (Å²) in [5.74, 6) is 0.318. The molecule has 0 saturated carbocycles. The molecule has 1 amide bonds. The van der Waals surface area contributed by atoms with Crippen molar-refractivity contribution in [3.05, 3.63) is 81.7 Å². The lowest BCUT2D eigenvalue weighted by molar-refractivity contribution is 0.0369. The number of aromatic nitrogens is 3. The second-order valence-corrected chi connectivity index (χ2v) is 8.98. The third-order valence-electron chi connectivity index (χ3n) is 6.63. The number of ether oxygens (including phenoxy) is 2. The Bertz CT molecular complexity index is 1540. The fraction of sp³-hybridized carbons (Fsp3) is 0.333. The average molecular weight is 503 g/mol. The van der Waals surface area contributed by atoms with Gasteiger partial charge in [-0.25, -0.2) is 4.98 Å². The largest absolute Gasteiger partial charge is 0.497 e. The second kappa shape index (κ2) is 10.9. The Morgan fingerprint density at radius 3 is 2.68 bits per heavy atom. The lowest BCUT2D eigenvalue weighted by Crippen LogP contribution is -2.38. The molecule has 10 nitrogen and oxygen atoms in total. The van der Waals surface area contributed by atoms with Gasteiger partial charge in [0.15, 0.2) is 0 Å². The van der Waals surface area contributed by atoms with Gasteiger partial charge in [0, 0.05) is 38.9 Å². The molecule has 1 saturated heterocycles. The van der Waals surface area contributed by atoms with Gasteiger partial charge in [-0.3, -0.25) is 24.3 Å². The number of nitrogens with zero attached hydrogens (tertiary/aromatic N) is 4. The first kappa shape index (κ1) is 24.7. The zero-order chi connectivity index (χ0) is 25.8. The van der Waals surface area contributed by atoms with Gasteiger partial charge in [0.25, 0.3) is 11.5 Å². The zero-order valence-corrected chi connectivity index (χ0v) is 20.8. The van der Waals surface area contributed by atoms with Crippen molar-refractivity contribution in [1.29, 1.82) is 5.41 Å². The van der Waals surface area contributed by atoms with Gasteiger partial charge in [-0.05, 0) is 42.3 Å². The Kier molecular flexibility index (Phi) is 7.29. The molecule has 4 aromatic rings. The lowest BCUT2D eigenvalue weighted by Gasteiger charge is -2.26. The number of rotatable bonds is 8. The molecule has 3 aromatic heterocycles. The quantitative estimate of drug-likeness (QED) is 0.355. The van der Waals surface area contributed by atoms with Crippen LogP contribution in [0.1, 0.15) is 22.3 Å². The minimum Gasteiger partial charge on any atom is -0.497 e. The topological polar surface area (TPSA) is 114 Å². The van der Waals surface area contributed by atoms with Crippen molar-refractivity contribution in [2.45, 2.75) is 19.5 Å². The number of pyridine rings is 2. The molecule has 0 aliphatic carbocycles. The number of amides is 1. The smallest absolute Gasteiger partial charge is 0.267 e. The number of benzene rings is 1. The Hall–Kier alpha value is -4.02. The Balaban J connectivity index is 1.48. The first-order valence-electron chi connectivity index (χ1n) is 12.4. The predicted molar refractivity (Wildman–Crippen MR) is 139 cm³/mol. The van der Waals surface area contributed by atoms with Gasteiger partial charge < -0.3 is 19.4 Å². The molecule has 1 aliphatic heterocycles. The maximum atomic E-state index is 13.4. The highest BCUT2D eigenvalue weighted by Gasteiger charge is 2.18. The summed E-state index contributed by atoms with van der Waals surface area (Å²) >= 11 is 0. The van der Waals surface area contributed by atoms with Crippen molar-refractivity contribution in [3.63, 3.8) is 0 Å². The van der Waals surface area contributed by atoms with Crippen LogP contribution < -0.4 is 21.1 Å². The molecule has 37 heavy (non-hydrogen) atoms. The van der Waals surface area contributed by atoms with Crippen LogP contribution in [0.3, 0.4) is 0 Å². The lowest BCUT2D eigenvalue weighted by atomic mass is 10.1. The van der Waals surface area contributed by atoms with E-state index in [2.05, 4.69) is 10.2 Å². The summed E-state index contributed by atoms with van der Waals surface area (Å²) in [6, 6.07) is 14.2. The van der Waals surface area contributed by atoms with Gasteiger partial charge in [-0.1, -0.05) is 18.2 Å². The number of morpholine rings is 1. The van der Waals surface area contributed by atoms with E-state index in [1.165, 1.54) is 10.5 Å². The van der Waals surface area contributed by atoms with E-state index in [-0.39, 0.29) is 23.2 Å². The normalized spacial score (nSPS) is 14.2. The molecule has 1 fully saturated rings. The number of nitrogens with one attached hydrogen (secondary N) is 2. The van der Waals surface area contributed by atoms with Crippen LogP contribution >= 0.6 is 0 Å². The van der Waals surface area contributed by atoms with Crippen LogP contribution in [-0.2, 0) is 17.8 Å². The molecular formula is C27H30N6O4. The van der Waals surface area contributed by atoms with Gasteiger partial charge in [-0.15, -0.1) is 0 Å². The standard InChI is InChI=1S/C27H30N6O4/c1-36-20-8-6-19(7-9-20)18-29-26(34)21-17-22-25(30-23-5-2-3-11-32(23)27(22)35)33(24(21)28)12-4-10-31-13-15-37-16-14-31/h2-3,5-9,11,17,28H,4,10,12-16,18H2,1H3,(H,29,34). The van der Waals surface area contributed by atoms with E-state index in [0.717, 1.165) is 37.4 Å². The minimum absolute atomic E-state index is 0.0360. The first-order chi connectivity index (χ1) is 18.0. The van der Waals surface area contributed by atoms with Crippen LogP contribution in [0.5, 0.6) is 5.75 Å². The summed E-state index contributed by atoms with van der Waals surface area (Å²) in [5.41, 5.74) is 1.71. The SMILES string of the molecule is COc1ccc(CNC(=O)c2cc3c(=O)n4ccccc4nc3n(CCCN3CCOCC3)c2=N)cc1. The minimum atomic E-state index is -0.415. The molecule has 0 unspecified atom stereocenters. The van der Waals surface area contributed by atoms with Gasteiger partial charge in [0.05, 0.1) is 31.3 Å². The highest BCUT2D eigenvalue weighted by Crippen LogP contribution is 2.13. The monoisotopic (exact) mass is 502 g/mol. The van der Waals surface area contributed by atoms with Crippen LogP contribution in [0.2, 0.25) is 0 Å². The predicted octanol–water partition coefficient (Wildman–Crippen LogP) is 1.79. The molecule has 5 rings (SSSR count). The van der Waals surface area contributed by atoms with Gasteiger partial charge >= 0.3 is 0 Å². The third-order valence-corrected chi connectivity index (χ3v) is 6.63. The van der Waals surface area contributed by atoms with Crippen molar-refractivity contribution >= 4 is 22.6 Å². The molecule has 192 valence electrons. The first-order valence-corrected chi connectivity index (χ1v) is 12.4. The highest BCUT2D eigenvalue weighted by molar-refractivity contribution is 5.96. The zero-order valence-electron chi connectivity index (χ0n) is 20.8. The van der Waals surface area contributed by atoms with Crippen LogP contribution in [-0.4, -0.2) is 64.7 Å². The number of hydrogen-bond acceptors (Lipinski definition) is 7. The van der Waals surface area contributed by atoms with Crippen molar-refractivity contribution < 1.29 is 14.3 Å². The van der Waals surface area contributed by atoms with Crippen molar-refractivity contribution in [2.24, 2.45) is 0 Å². The van der Waals surface area contributed by atoms with Gasteiger partial charge in [0.1, 0.15) is 22.5 Å². The number of aryl methyl sites for hydroxylation is 1. The summed E-state index contributed by atoms with van der Waals surface area (Å²) in [6.45, 7) is 4.75. The summed E-state index contributed by atoms with van der Waals surface area (Å²) < 4.78 is 13.8. The fourth-order valence-electron chi connectivity index (χ4n) is 4.58. The number of hydrogen-bond donors (Lipinski definition) is 2. The average Bonchev–Trinajstić information content (AvgIpc) is 2.94. The Morgan fingerprint density at radius 1 is 1.14 bits per heavy atom. The van der Waals surface area contributed by atoms with Crippen LogP contribution in [0, 0.1) is 5.41 Å². The summed E-state index contributed by atoms with van der Waals surface area (Å²) in [5, 5.41) is 12.1. The molecule has 0 spiro atoms. The van der Waals surface area contributed by atoms with E-state index in [1.807, 2.05) is 30.3 Å². The van der Waals surface area contributed by atoms with E-state index in [9.17, 15) is 9.59 Å². The third kappa shape index (κ3) is 5.25. The number of methoxy groups -OCH3 is 1.